The van der Waals surface area contributed by atoms with Crippen LogP contribution in [0, 0.1) is 5.92 Å². The van der Waals surface area contributed by atoms with Crippen LogP contribution in [0.2, 0.25) is 0 Å². The zero-order chi connectivity index (χ0) is 18.2. The number of amides is 1. The summed E-state index contributed by atoms with van der Waals surface area (Å²) >= 11 is 5.33. The number of carbonyl (C=O) groups is 2. The molecule has 0 bridgehead atoms. The van der Waals surface area contributed by atoms with Gasteiger partial charge in [0, 0.05) is 18.7 Å². The summed E-state index contributed by atoms with van der Waals surface area (Å²) in [7, 11) is 0. The van der Waals surface area contributed by atoms with Gasteiger partial charge in [0.2, 0.25) is 0 Å². The van der Waals surface area contributed by atoms with Crippen LogP contribution in [0.5, 0.6) is 5.75 Å². The van der Waals surface area contributed by atoms with Crippen molar-refractivity contribution in [3.05, 3.63) is 29.8 Å². The third-order valence-corrected chi connectivity index (χ3v) is 4.41. The zero-order valence-electron chi connectivity index (χ0n) is 14.6. The summed E-state index contributed by atoms with van der Waals surface area (Å²) in [6.45, 7) is 5.95. The van der Waals surface area contributed by atoms with E-state index >= 15 is 0 Å². The van der Waals surface area contributed by atoms with Crippen molar-refractivity contribution in [3.8, 4) is 5.75 Å². The molecule has 0 unspecified atom stereocenters. The van der Waals surface area contributed by atoms with Gasteiger partial charge >= 0.3 is 5.97 Å². The molecule has 1 heterocycles. The van der Waals surface area contributed by atoms with Crippen LogP contribution in [0.15, 0.2) is 24.3 Å². The number of piperidine rings is 1. The largest absolute Gasteiger partial charge is 0.494 e. The highest BCUT2D eigenvalue weighted by Gasteiger charge is 2.27. The molecule has 6 nitrogen and oxygen atoms in total. The molecule has 1 N–H and O–H groups in total. The van der Waals surface area contributed by atoms with Gasteiger partial charge in [-0.25, -0.2) is 0 Å². The third-order valence-electron chi connectivity index (χ3n) is 4.05. The molecule has 1 aromatic carbocycles. The minimum Gasteiger partial charge on any atom is -0.494 e. The van der Waals surface area contributed by atoms with E-state index in [1.807, 2.05) is 11.8 Å². The Morgan fingerprint density at radius 2 is 1.80 bits per heavy atom. The van der Waals surface area contributed by atoms with Gasteiger partial charge in [0.25, 0.3) is 5.91 Å². The highest BCUT2D eigenvalue weighted by atomic mass is 32.1. The number of benzene rings is 1. The first-order valence-corrected chi connectivity index (χ1v) is 8.95. The van der Waals surface area contributed by atoms with Crippen molar-refractivity contribution < 1.29 is 19.1 Å². The maximum atomic E-state index is 12.3. The van der Waals surface area contributed by atoms with Crippen molar-refractivity contribution in [1.29, 1.82) is 0 Å². The van der Waals surface area contributed by atoms with E-state index in [2.05, 4.69) is 5.32 Å². The van der Waals surface area contributed by atoms with Crippen LogP contribution >= 0.6 is 12.2 Å². The fourth-order valence-electron chi connectivity index (χ4n) is 2.70. The van der Waals surface area contributed by atoms with Crippen LogP contribution in [0.3, 0.4) is 0 Å². The number of hydrogen-bond acceptors (Lipinski definition) is 5. The highest BCUT2D eigenvalue weighted by molar-refractivity contribution is 7.80. The third kappa shape index (κ3) is 5.42. The van der Waals surface area contributed by atoms with Gasteiger partial charge in [-0.2, -0.15) is 0 Å². The summed E-state index contributed by atoms with van der Waals surface area (Å²) in [6.07, 6.45) is 1.36. The highest BCUT2D eigenvalue weighted by Crippen LogP contribution is 2.19. The normalized spacial score (nSPS) is 14.7. The number of nitrogens with one attached hydrogen (secondary N) is 1. The van der Waals surface area contributed by atoms with Gasteiger partial charge in [-0.3, -0.25) is 14.9 Å². The van der Waals surface area contributed by atoms with Gasteiger partial charge in [0.15, 0.2) is 5.11 Å². The smallest absolute Gasteiger partial charge is 0.309 e. The molecule has 7 heteroatoms. The second-order valence-corrected chi connectivity index (χ2v) is 6.12. The molecule has 1 fully saturated rings. The maximum absolute atomic E-state index is 12.3. The summed E-state index contributed by atoms with van der Waals surface area (Å²) in [6, 6.07) is 6.92. The Hall–Kier alpha value is -2.15. The molecule has 0 aromatic heterocycles. The number of thiocarbonyl (C=S) groups is 1. The first kappa shape index (κ1) is 19.2. The number of ether oxygens (including phenoxy) is 2. The number of nitrogens with zero attached hydrogens (tertiary/aromatic N) is 1. The first-order chi connectivity index (χ1) is 12.0. The molecule has 2 rings (SSSR count). The van der Waals surface area contributed by atoms with Gasteiger partial charge in [-0.15, -0.1) is 0 Å². The Kier molecular flexibility index (Phi) is 7.18. The Morgan fingerprint density at radius 3 is 2.36 bits per heavy atom. The standard InChI is InChI=1S/C18H24N2O4S/c1-3-23-15-7-5-13(6-8-15)16(21)19-18(25)20-11-9-14(10-12-20)17(22)24-4-2/h5-8,14H,3-4,9-12H2,1-2H3,(H,19,21,25). The Balaban J connectivity index is 1.83. The molecule has 0 radical (unpaired) electrons. The number of likely N-dealkylation sites (tertiary alicyclic amines) is 1. The summed E-state index contributed by atoms with van der Waals surface area (Å²) < 4.78 is 10.4. The van der Waals surface area contributed by atoms with Crippen molar-refractivity contribution in [2.75, 3.05) is 26.3 Å². The predicted octanol–water partition coefficient (Wildman–Crippen LogP) is 2.38. The van der Waals surface area contributed by atoms with Gasteiger partial charge < -0.3 is 14.4 Å². The fourth-order valence-corrected chi connectivity index (χ4v) is 2.97. The molecule has 1 amide bonds. The summed E-state index contributed by atoms with van der Waals surface area (Å²) in [4.78, 5) is 26.0. The van der Waals surface area contributed by atoms with Gasteiger partial charge in [0.1, 0.15) is 5.75 Å². The fraction of sp³-hybridized carbons (Fsp3) is 0.500. The molecule has 1 saturated heterocycles. The monoisotopic (exact) mass is 364 g/mol. The Labute approximate surface area is 153 Å². The van der Waals surface area contributed by atoms with E-state index in [1.165, 1.54) is 0 Å². The van der Waals surface area contributed by atoms with Crippen LogP contribution in [-0.4, -0.2) is 48.2 Å². The second kappa shape index (κ2) is 9.36. The minimum atomic E-state index is -0.249. The van der Waals surface area contributed by atoms with E-state index in [-0.39, 0.29) is 17.8 Å². The molecule has 0 aliphatic carbocycles. The van der Waals surface area contributed by atoms with Crippen LogP contribution < -0.4 is 10.1 Å². The van der Waals surface area contributed by atoms with Crippen molar-refractivity contribution in [1.82, 2.24) is 10.2 Å². The summed E-state index contributed by atoms with van der Waals surface area (Å²) in [5.41, 5.74) is 0.521. The average Bonchev–Trinajstić information content (AvgIpc) is 2.63. The predicted molar refractivity (Wildman–Crippen MR) is 98.6 cm³/mol. The number of hydrogen-bond donors (Lipinski definition) is 1. The Morgan fingerprint density at radius 1 is 1.16 bits per heavy atom. The molecular formula is C18H24N2O4S. The molecule has 1 aromatic rings. The lowest BCUT2D eigenvalue weighted by molar-refractivity contribution is -0.149. The van der Waals surface area contributed by atoms with Crippen LogP contribution in [0.1, 0.15) is 37.0 Å². The lowest BCUT2D eigenvalue weighted by atomic mass is 9.97. The van der Waals surface area contributed by atoms with Crippen molar-refractivity contribution in [3.63, 3.8) is 0 Å². The van der Waals surface area contributed by atoms with E-state index in [4.69, 9.17) is 21.7 Å². The second-order valence-electron chi connectivity index (χ2n) is 5.73. The average molecular weight is 364 g/mol. The topological polar surface area (TPSA) is 67.9 Å². The van der Waals surface area contributed by atoms with Crippen LogP contribution in [-0.2, 0) is 9.53 Å². The summed E-state index contributed by atoms with van der Waals surface area (Å²) in [5, 5.41) is 3.14. The first-order valence-electron chi connectivity index (χ1n) is 8.54. The molecule has 1 aliphatic rings. The molecule has 0 atom stereocenters. The van der Waals surface area contributed by atoms with Gasteiger partial charge in [-0.05, 0) is 63.2 Å². The van der Waals surface area contributed by atoms with Crippen LogP contribution in [0.4, 0.5) is 0 Å². The van der Waals surface area contributed by atoms with E-state index < -0.39 is 0 Å². The number of rotatable bonds is 5. The number of carbonyl (C=O) groups excluding carboxylic acids is 2. The molecule has 1 aliphatic heterocycles. The lowest BCUT2D eigenvalue weighted by Gasteiger charge is -2.32. The van der Waals surface area contributed by atoms with Crippen molar-refractivity contribution >= 4 is 29.2 Å². The minimum absolute atomic E-state index is 0.0826. The molecule has 0 saturated carbocycles. The molecule has 0 spiro atoms. The summed E-state index contributed by atoms with van der Waals surface area (Å²) in [5.74, 6) is 0.246. The Bertz CT molecular complexity index is 610. The van der Waals surface area contributed by atoms with Gasteiger partial charge in [-0.1, -0.05) is 0 Å². The molecule has 25 heavy (non-hydrogen) atoms. The SMILES string of the molecule is CCOC(=O)C1CCN(C(=S)NC(=O)c2ccc(OCC)cc2)CC1. The number of esters is 1. The van der Waals surface area contributed by atoms with E-state index in [9.17, 15) is 9.59 Å². The van der Waals surface area contributed by atoms with Crippen LogP contribution in [0.25, 0.3) is 0 Å². The van der Waals surface area contributed by atoms with E-state index in [0.717, 1.165) is 5.75 Å². The maximum Gasteiger partial charge on any atom is 0.309 e. The van der Waals surface area contributed by atoms with E-state index in [0.29, 0.717) is 49.8 Å². The van der Waals surface area contributed by atoms with Crippen molar-refractivity contribution in [2.45, 2.75) is 26.7 Å². The van der Waals surface area contributed by atoms with Gasteiger partial charge in [0.05, 0.1) is 19.1 Å². The zero-order valence-corrected chi connectivity index (χ0v) is 15.4. The van der Waals surface area contributed by atoms with Crippen molar-refractivity contribution in [2.24, 2.45) is 5.92 Å². The van der Waals surface area contributed by atoms with E-state index in [1.54, 1.807) is 31.2 Å². The lowest BCUT2D eigenvalue weighted by Crippen LogP contribution is -2.47. The molecule has 136 valence electrons. The molecular weight excluding hydrogens is 340 g/mol. The quantitative estimate of drug-likeness (QED) is 0.639.